The van der Waals surface area contributed by atoms with Crippen molar-refractivity contribution in [3.63, 3.8) is 0 Å². The van der Waals surface area contributed by atoms with Crippen LogP contribution in [0.15, 0.2) is 6.07 Å². The summed E-state index contributed by atoms with van der Waals surface area (Å²) >= 11 is 0. The second kappa shape index (κ2) is 4.40. The Kier molecular flexibility index (Phi) is 2.78. The fraction of sp³-hybridized carbons (Fsp3) is 0.611. The van der Waals surface area contributed by atoms with E-state index in [4.69, 9.17) is 0 Å². The number of aryl methyl sites for hydroxylation is 1. The topological polar surface area (TPSA) is 77.8 Å². The van der Waals surface area contributed by atoms with E-state index in [0.717, 1.165) is 43.2 Å². The zero-order valence-electron chi connectivity index (χ0n) is 12.8. The highest BCUT2D eigenvalue weighted by Crippen LogP contribution is 2.61. The zero-order valence-corrected chi connectivity index (χ0v) is 12.8. The van der Waals surface area contributed by atoms with Gasteiger partial charge in [-0.3, -0.25) is 4.79 Å². The molecule has 0 spiro atoms. The number of aromatic hydroxyl groups is 3. The molecular formula is C18H22O4. The second-order valence-corrected chi connectivity index (χ2v) is 7.50. The summed E-state index contributed by atoms with van der Waals surface area (Å²) in [5.74, 6) is 0.577. The molecule has 3 aliphatic rings. The van der Waals surface area contributed by atoms with Crippen LogP contribution in [0.4, 0.5) is 0 Å². The van der Waals surface area contributed by atoms with E-state index in [0.29, 0.717) is 24.0 Å². The van der Waals surface area contributed by atoms with Crippen LogP contribution in [-0.4, -0.2) is 21.1 Å². The van der Waals surface area contributed by atoms with E-state index in [9.17, 15) is 20.1 Å². The maximum atomic E-state index is 12.3. The first kappa shape index (κ1) is 13.9. The van der Waals surface area contributed by atoms with Crippen LogP contribution in [0, 0.1) is 17.3 Å². The fourth-order valence-electron chi connectivity index (χ4n) is 5.47. The minimum Gasteiger partial charge on any atom is -0.504 e. The lowest BCUT2D eigenvalue weighted by Crippen LogP contribution is -2.42. The van der Waals surface area contributed by atoms with Crippen LogP contribution in [0.25, 0.3) is 0 Å². The monoisotopic (exact) mass is 302 g/mol. The molecular weight excluding hydrogens is 280 g/mol. The molecule has 0 bridgehead atoms. The normalized spacial score (nSPS) is 36.6. The first-order valence-corrected chi connectivity index (χ1v) is 8.23. The Hall–Kier alpha value is -1.71. The molecule has 0 aromatic heterocycles. The van der Waals surface area contributed by atoms with Gasteiger partial charge in [-0.05, 0) is 61.5 Å². The Balaban J connectivity index is 1.79. The smallest absolute Gasteiger partial charge is 0.200 e. The van der Waals surface area contributed by atoms with Gasteiger partial charge in [0.25, 0.3) is 0 Å². The molecule has 3 aliphatic carbocycles. The predicted octanol–water partition coefficient (Wildman–Crippen LogP) is 3.23. The lowest BCUT2D eigenvalue weighted by atomic mass is 9.55. The van der Waals surface area contributed by atoms with Gasteiger partial charge in [0.2, 0.25) is 5.75 Å². The number of hydrogen-bond acceptors (Lipinski definition) is 4. The summed E-state index contributed by atoms with van der Waals surface area (Å²) in [6.07, 6.45) is 5.15. The number of phenols is 3. The van der Waals surface area contributed by atoms with Crippen LogP contribution in [0.1, 0.15) is 56.1 Å². The molecule has 22 heavy (non-hydrogen) atoms. The van der Waals surface area contributed by atoms with Gasteiger partial charge in [-0.15, -0.1) is 0 Å². The lowest BCUT2D eigenvalue weighted by Gasteiger charge is -2.48. The molecule has 0 amide bonds. The number of rotatable bonds is 0. The summed E-state index contributed by atoms with van der Waals surface area (Å²) in [4.78, 5) is 12.3. The fourth-order valence-corrected chi connectivity index (χ4v) is 5.47. The third kappa shape index (κ3) is 1.61. The van der Waals surface area contributed by atoms with Crippen LogP contribution >= 0.6 is 0 Å². The SMILES string of the molecule is C[C@]12CC[C@@H]3c4c(cc(O)c(O)c4O)CC[C@H]3[C@@H]1CCC2=O. The average molecular weight is 302 g/mol. The van der Waals surface area contributed by atoms with Crippen molar-refractivity contribution >= 4 is 5.78 Å². The number of ketones is 1. The molecule has 4 heteroatoms. The number of carbonyl (C=O) groups is 1. The molecule has 1 aromatic carbocycles. The summed E-state index contributed by atoms with van der Waals surface area (Å²) in [7, 11) is 0. The Morgan fingerprint density at radius 2 is 1.86 bits per heavy atom. The zero-order chi connectivity index (χ0) is 15.6. The average Bonchev–Trinajstić information content (AvgIpc) is 2.80. The Labute approximate surface area is 129 Å². The van der Waals surface area contributed by atoms with Gasteiger partial charge in [0.15, 0.2) is 11.5 Å². The largest absolute Gasteiger partial charge is 0.504 e. The van der Waals surface area contributed by atoms with Gasteiger partial charge in [0.1, 0.15) is 5.78 Å². The summed E-state index contributed by atoms with van der Waals surface area (Å²) in [6, 6.07) is 1.59. The first-order chi connectivity index (χ1) is 10.4. The van der Waals surface area contributed by atoms with Crippen LogP contribution < -0.4 is 0 Å². The number of fused-ring (bicyclic) bond motifs is 5. The molecule has 3 N–H and O–H groups in total. The first-order valence-electron chi connectivity index (χ1n) is 8.23. The van der Waals surface area contributed by atoms with Crippen molar-refractivity contribution in [1.29, 1.82) is 0 Å². The van der Waals surface area contributed by atoms with Crippen molar-refractivity contribution < 1.29 is 20.1 Å². The van der Waals surface area contributed by atoms with Gasteiger partial charge in [0, 0.05) is 17.4 Å². The summed E-state index contributed by atoms with van der Waals surface area (Å²) in [5, 5.41) is 29.9. The summed E-state index contributed by atoms with van der Waals surface area (Å²) in [6.45, 7) is 2.12. The summed E-state index contributed by atoms with van der Waals surface area (Å²) in [5.41, 5.74) is 1.57. The van der Waals surface area contributed by atoms with Gasteiger partial charge in [-0.2, -0.15) is 0 Å². The number of carbonyl (C=O) groups excluding carboxylic acids is 1. The molecule has 4 nitrogen and oxygen atoms in total. The Bertz CT molecular complexity index is 666. The van der Waals surface area contributed by atoms with Crippen molar-refractivity contribution in [3.05, 3.63) is 17.2 Å². The van der Waals surface area contributed by atoms with Gasteiger partial charge in [-0.1, -0.05) is 6.92 Å². The summed E-state index contributed by atoms with van der Waals surface area (Å²) < 4.78 is 0. The molecule has 0 radical (unpaired) electrons. The molecule has 1 aromatic rings. The molecule has 0 unspecified atom stereocenters. The molecule has 2 fully saturated rings. The van der Waals surface area contributed by atoms with Crippen LogP contribution in [0.3, 0.4) is 0 Å². The maximum absolute atomic E-state index is 12.3. The van der Waals surface area contributed by atoms with Crippen molar-refractivity contribution in [2.75, 3.05) is 0 Å². The van der Waals surface area contributed by atoms with E-state index in [2.05, 4.69) is 6.92 Å². The third-order valence-corrected chi connectivity index (χ3v) is 6.64. The molecule has 4 rings (SSSR count). The van der Waals surface area contributed by atoms with E-state index in [-0.39, 0.29) is 22.8 Å². The van der Waals surface area contributed by atoms with E-state index in [1.165, 1.54) is 0 Å². The highest BCUT2D eigenvalue weighted by atomic mass is 16.3. The molecule has 118 valence electrons. The molecule has 2 saturated carbocycles. The number of hydrogen-bond donors (Lipinski definition) is 3. The number of Topliss-reactive ketones (excluding diaryl/α,β-unsaturated/α-hetero) is 1. The number of benzene rings is 1. The molecule has 0 heterocycles. The standard InChI is InChI=1S/C18H22O4/c1-18-7-6-11-10(12(18)4-5-14(18)20)3-2-9-8-13(19)16(21)17(22)15(9)11/h8,10-12,19,21-22H,2-7H2,1H3/t10-,11+,12+,18+/m1/s1. The van der Waals surface area contributed by atoms with Gasteiger partial charge < -0.3 is 15.3 Å². The van der Waals surface area contributed by atoms with Crippen LogP contribution in [0.2, 0.25) is 0 Å². The Morgan fingerprint density at radius 3 is 2.64 bits per heavy atom. The second-order valence-electron chi connectivity index (χ2n) is 7.50. The van der Waals surface area contributed by atoms with E-state index in [1.807, 2.05) is 0 Å². The number of phenolic OH excluding ortho intramolecular Hbond substituents is 3. The lowest BCUT2D eigenvalue weighted by molar-refractivity contribution is -0.129. The quantitative estimate of drug-likeness (QED) is 0.643. The minimum atomic E-state index is -0.407. The molecule has 0 saturated heterocycles. The van der Waals surface area contributed by atoms with E-state index >= 15 is 0 Å². The third-order valence-electron chi connectivity index (χ3n) is 6.64. The minimum absolute atomic E-state index is 0.155. The highest BCUT2D eigenvalue weighted by Gasteiger charge is 2.55. The van der Waals surface area contributed by atoms with Crippen molar-refractivity contribution in [2.24, 2.45) is 17.3 Å². The van der Waals surface area contributed by atoms with E-state index < -0.39 is 5.75 Å². The van der Waals surface area contributed by atoms with Crippen LogP contribution in [0.5, 0.6) is 17.2 Å². The Morgan fingerprint density at radius 1 is 1.09 bits per heavy atom. The predicted molar refractivity (Wildman–Crippen MR) is 81.1 cm³/mol. The van der Waals surface area contributed by atoms with Crippen LogP contribution in [-0.2, 0) is 11.2 Å². The van der Waals surface area contributed by atoms with Gasteiger partial charge in [0.05, 0.1) is 0 Å². The molecule has 0 aliphatic heterocycles. The van der Waals surface area contributed by atoms with Crippen molar-refractivity contribution in [1.82, 2.24) is 0 Å². The molecule has 4 atom stereocenters. The highest BCUT2D eigenvalue weighted by molar-refractivity contribution is 5.87. The van der Waals surface area contributed by atoms with Gasteiger partial charge >= 0.3 is 0 Å². The van der Waals surface area contributed by atoms with Gasteiger partial charge in [-0.25, -0.2) is 0 Å². The maximum Gasteiger partial charge on any atom is 0.200 e. The van der Waals surface area contributed by atoms with E-state index in [1.54, 1.807) is 6.07 Å². The van der Waals surface area contributed by atoms with Crippen molar-refractivity contribution in [2.45, 2.75) is 51.4 Å². The van der Waals surface area contributed by atoms with Crippen molar-refractivity contribution in [3.8, 4) is 17.2 Å².